The minimum absolute atomic E-state index is 0.0896. The first kappa shape index (κ1) is 31.3. The Morgan fingerprint density at radius 2 is 1.90 bits per heavy atom. The highest BCUT2D eigenvalue weighted by atomic mass is 16.5. The van der Waals surface area contributed by atoms with E-state index in [1.807, 2.05) is 21.9 Å². The normalized spacial score (nSPS) is 22.7. The average molecular weight is 572 g/mol. The third-order valence-electron chi connectivity index (χ3n) is 9.00. The number of carbonyl (C=O) groups excluding carboxylic acids is 2. The molecule has 2 fully saturated rings. The smallest absolute Gasteiger partial charge is 0.308 e. The molecule has 0 aromatic heterocycles. The Labute approximate surface area is 246 Å². The third-order valence-corrected chi connectivity index (χ3v) is 9.00. The van der Waals surface area contributed by atoms with Crippen LogP contribution in [0.3, 0.4) is 0 Å². The van der Waals surface area contributed by atoms with Crippen molar-refractivity contribution in [2.24, 2.45) is 5.92 Å². The summed E-state index contributed by atoms with van der Waals surface area (Å²) >= 11 is 0. The predicted octanol–water partition coefficient (Wildman–Crippen LogP) is 3.22. The monoisotopic (exact) mass is 571 g/mol. The molecule has 9 nitrogen and oxygen atoms in total. The summed E-state index contributed by atoms with van der Waals surface area (Å²) in [5, 5.41) is 10.5. The summed E-state index contributed by atoms with van der Waals surface area (Å²) in [5.41, 5.74) is 2.15. The van der Waals surface area contributed by atoms with Gasteiger partial charge < -0.3 is 24.1 Å². The van der Waals surface area contributed by atoms with Crippen molar-refractivity contribution in [3.05, 3.63) is 29.3 Å². The van der Waals surface area contributed by atoms with Crippen LogP contribution in [0.4, 0.5) is 0 Å². The van der Waals surface area contributed by atoms with E-state index in [1.165, 1.54) is 0 Å². The topological polar surface area (TPSA) is 90.4 Å². The number of likely N-dealkylation sites (tertiary alicyclic amines) is 2. The molecule has 3 atom stereocenters. The van der Waals surface area contributed by atoms with Crippen molar-refractivity contribution < 1.29 is 28.7 Å². The van der Waals surface area contributed by atoms with Gasteiger partial charge in [-0.2, -0.15) is 0 Å². The van der Waals surface area contributed by atoms with Crippen LogP contribution >= 0.6 is 0 Å². The van der Waals surface area contributed by atoms with Crippen molar-refractivity contribution in [2.75, 3.05) is 73.6 Å². The second-order valence-corrected chi connectivity index (χ2v) is 13.2. The summed E-state index contributed by atoms with van der Waals surface area (Å²) in [5.74, 6) is -0.456. The number of quaternary nitrogens is 1. The highest BCUT2D eigenvalue weighted by molar-refractivity contribution is 5.79. The molecule has 0 bridgehead atoms. The molecule has 0 saturated carbocycles. The quantitative estimate of drug-likeness (QED) is 0.325. The Kier molecular flexibility index (Phi) is 10.7. The van der Waals surface area contributed by atoms with Gasteiger partial charge in [0.1, 0.15) is 5.75 Å². The van der Waals surface area contributed by atoms with Gasteiger partial charge in [0.05, 0.1) is 46.8 Å². The molecule has 41 heavy (non-hydrogen) atoms. The Hall–Kier alpha value is -2.65. The van der Waals surface area contributed by atoms with Crippen molar-refractivity contribution in [3.63, 3.8) is 0 Å². The van der Waals surface area contributed by atoms with Crippen LogP contribution in [0.2, 0.25) is 0 Å². The van der Waals surface area contributed by atoms with E-state index in [2.05, 4.69) is 39.0 Å². The van der Waals surface area contributed by atoms with Crippen LogP contribution in [0.5, 0.6) is 5.75 Å². The lowest BCUT2D eigenvalue weighted by Gasteiger charge is -2.31. The summed E-state index contributed by atoms with van der Waals surface area (Å²) < 4.78 is 6.56. The molecule has 1 aromatic carbocycles. The van der Waals surface area contributed by atoms with Gasteiger partial charge in [0.15, 0.2) is 0 Å². The Balaban J connectivity index is 1.52. The fraction of sp³-hybridized carbons (Fsp3) is 0.719. The molecule has 3 aliphatic rings. The van der Waals surface area contributed by atoms with Crippen LogP contribution in [0.1, 0.15) is 68.9 Å². The number of unbranched alkanes of at least 4 members (excludes halogenated alkanes) is 1. The lowest BCUT2D eigenvalue weighted by atomic mass is 9.83. The maximum Gasteiger partial charge on any atom is 0.308 e. The van der Waals surface area contributed by atoms with E-state index in [0.29, 0.717) is 32.5 Å². The largest absolute Gasteiger partial charge is 0.493 e. The molecule has 1 N–H and O–H groups in total. The number of hydrogen-bond donors (Lipinski definition) is 1. The van der Waals surface area contributed by atoms with Gasteiger partial charge in [-0.1, -0.05) is 25.5 Å². The number of benzene rings is 1. The van der Waals surface area contributed by atoms with Gasteiger partial charge in [-0.15, -0.1) is 0 Å². The van der Waals surface area contributed by atoms with E-state index >= 15 is 0 Å². The van der Waals surface area contributed by atoms with Gasteiger partial charge in [0.2, 0.25) is 11.8 Å². The second kappa shape index (κ2) is 14.0. The fourth-order valence-electron chi connectivity index (χ4n) is 6.78. The molecule has 2 saturated heterocycles. The van der Waals surface area contributed by atoms with Gasteiger partial charge >= 0.3 is 5.97 Å². The number of carboxylic acids is 1. The zero-order chi connectivity index (χ0) is 29.6. The first-order valence-electron chi connectivity index (χ1n) is 15.7. The number of fused-ring (bicyclic) bond motifs is 1. The average Bonchev–Trinajstić information content (AvgIpc) is 3.64. The Morgan fingerprint density at radius 1 is 1.12 bits per heavy atom. The number of ether oxygens (including phenoxy) is 1. The summed E-state index contributed by atoms with van der Waals surface area (Å²) in [7, 11) is 6.50. The third kappa shape index (κ3) is 8.22. The van der Waals surface area contributed by atoms with Gasteiger partial charge in [0, 0.05) is 63.9 Å². The number of carbonyl (C=O) groups is 3. The number of aliphatic carboxylic acids is 1. The van der Waals surface area contributed by atoms with E-state index in [0.717, 1.165) is 86.1 Å². The molecule has 0 unspecified atom stereocenters. The van der Waals surface area contributed by atoms with Crippen LogP contribution in [-0.2, 0) is 20.8 Å². The second-order valence-electron chi connectivity index (χ2n) is 13.2. The molecule has 2 amide bonds. The molecule has 4 rings (SSSR count). The molecule has 0 radical (unpaired) electrons. The van der Waals surface area contributed by atoms with E-state index in [4.69, 9.17) is 4.74 Å². The predicted molar refractivity (Wildman–Crippen MR) is 159 cm³/mol. The van der Waals surface area contributed by atoms with Crippen LogP contribution in [0.15, 0.2) is 18.2 Å². The first-order valence-corrected chi connectivity index (χ1v) is 15.7. The van der Waals surface area contributed by atoms with Crippen molar-refractivity contribution in [1.29, 1.82) is 0 Å². The minimum Gasteiger partial charge on any atom is -0.493 e. The molecule has 228 valence electrons. The standard InChI is InChI=1S/C32H50N4O5/c1-5-6-15-34(18-9-19-36(2,3)4)30(38)23-35-22-26(24-12-13-28-25(21-24)14-20-41-28)31(32(39)40)27(35)10-7-16-33-17-8-11-29(33)37/h12-13,21,26-27,31H,5-11,14-20,22-23H2,1-4H3/p+1/t26-,27+,31-/m1/s1. The van der Waals surface area contributed by atoms with E-state index < -0.39 is 11.9 Å². The molecule has 1 aromatic rings. The van der Waals surface area contributed by atoms with Gasteiger partial charge in [-0.05, 0) is 42.9 Å². The van der Waals surface area contributed by atoms with Crippen LogP contribution in [-0.4, -0.2) is 122 Å². The fourth-order valence-corrected chi connectivity index (χ4v) is 6.78. The first-order chi connectivity index (χ1) is 19.6. The van der Waals surface area contributed by atoms with Crippen LogP contribution in [0.25, 0.3) is 0 Å². The summed E-state index contributed by atoms with van der Waals surface area (Å²) in [4.78, 5) is 44.8. The molecular weight excluding hydrogens is 520 g/mol. The number of amides is 2. The lowest BCUT2D eigenvalue weighted by Crippen LogP contribution is -2.45. The summed E-state index contributed by atoms with van der Waals surface area (Å²) in [6.45, 7) is 7.45. The highest BCUT2D eigenvalue weighted by Gasteiger charge is 2.47. The van der Waals surface area contributed by atoms with Gasteiger partial charge in [0.25, 0.3) is 0 Å². The molecule has 3 heterocycles. The zero-order valence-corrected chi connectivity index (χ0v) is 25.6. The number of rotatable bonds is 15. The molecule has 9 heteroatoms. The lowest BCUT2D eigenvalue weighted by molar-refractivity contribution is -0.870. The Bertz CT molecular complexity index is 1070. The summed E-state index contributed by atoms with van der Waals surface area (Å²) in [6, 6.07) is 5.84. The maximum absolute atomic E-state index is 13.8. The van der Waals surface area contributed by atoms with E-state index in [1.54, 1.807) is 0 Å². The molecule has 0 spiro atoms. The molecule has 3 aliphatic heterocycles. The minimum atomic E-state index is -0.810. The number of carboxylic acid groups (broad SMARTS) is 1. The van der Waals surface area contributed by atoms with Crippen LogP contribution in [0, 0.1) is 5.92 Å². The van der Waals surface area contributed by atoms with Gasteiger partial charge in [-0.25, -0.2) is 0 Å². The highest BCUT2D eigenvalue weighted by Crippen LogP contribution is 2.41. The van der Waals surface area contributed by atoms with Gasteiger partial charge in [-0.3, -0.25) is 19.3 Å². The van der Waals surface area contributed by atoms with Crippen LogP contribution < -0.4 is 4.74 Å². The summed E-state index contributed by atoms with van der Waals surface area (Å²) in [6.07, 6.45) is 6.63. The van der Waals surface area contributed by atoms with Crippen molar-refractivity contribution in [3.8, 4) is 5.75 Å². The van der Waals surface area contributed by atoms with E-state index in [9.17, 15) is 19.5 Å². The SMILES string of the molecule is CCCCN(CCC[N+](C)(C)C)C(=O)CN1C[C@H](c2ccc3c(c2)CCO3)[C@@H](C(=O)O)[C@@H]1CCCN1CCCC1=O. The Morgan fingerprint density at radius 3 is 2.59 bits per heavy atom. The molecule has 0 aliphatic carbocycles. The molecular formula is C32H51N4O5+. The van der Waals surface area contributed by atoms with E-state index in [-0.39, 0.29) is 30.3 Å². The number of hydrogen-bond acceptors (Lipinski definition) is 5. The van der Waals surface area contributed by atoms with Crippen molar-refractivity contribution in [1.82, 2.24) is 14.7 Å². The zero-order valence-electron chi connectivity index (χ0n) is 25.6. The number of nitrogens with zero attached hydrogens (tertiary/aromatic N) is 4. The van der Waals surface area contributed by atoms with Crippen molar-refractivity contribution >= 4 is 17.8 Å². The maximum atomic E-state index is 13.8. The van der Waals surface area contributed by atoms with Crippen molar-refractivity contribution in [2.45, 2.75) is 70.3 Å².